The van der Waals surface area contributed by atoms with Gasteiger partial charge in [0.2, 0.25) is 0 Å². The van der Waals surface area contributed by atoms with Crippen molar-refractivity contribution in [3.05, 3.63) is 23.3 Å². The van der Waals surface area contributed by atoms with Gasteiger partial charge in [0.1, 0.15) is 11.5 Å². The molecule has 2 atom stereocenters. The fourth-order valence-corrected chi connectivity index (χ4v) is 3.20. The maximum absolute atomic E-state index is 5.84. The zero-order valence-corrected chi connectivity index (χ0v) is 13.4. The summed E-state index contributed by atoms with van der Waals surface area (Å²) < 4.78 is 16.4. The molecule has 1 aromatic carbocycles. The number of hydrogen-bond acceptors (Lipinski definition) is 5. The number of likely N-dealkylation sites (tertiary alicyclic amines) is 1. The van der Waals surface area contributed by atoms with Crippen molar-refractivity contribution in [2.45, 2.75) is 19.1 Å². The van der Waals surface area contributed by atoms with Crippen molar-refractivity contribution in [2.24, 2.45) is 11.7 Å². The van der Waals surface area contributed by atoms with Crippen LogP contribution in [0.3, 0.4) is 0 Å². The highest BCUT2D eigenvalue weighted by Gasteiger charge is 2.32. The molecule has 0 spiro atoms. The van der Waals surface area contributed by atoms with Crippen molar-refractivity contribution in [1.82, 2.24) is 4.90 Å². The normalized spacial score (nSPS) is 22.5. The van der Waals surface area contributed by atoms with Crippen molar-refractivity contribution in [3.63, 3.8) is 0 Å². The summed E-state index contributed by atoms with van der Waals surface area (Å²) in [6, 6.07) is 4.35. The lowest BCUT2D eigenvalue weighted by Gasteiger charge is -2.24. The standard InChI is InChI=1S/C16H26N2O3/c1-18-9-11(8-17)5-15(18)14-7-13(20-3)6-12(10-19-2)16(14)21-4/h6-7,11,15H,5,8-10,17H2,1-4H3. The molecular formula is C16H26N2O3. The second-order valence-corrected chi connectivity index (χ2v) is 5.63. The molecule has 1 saturated heterocycles. The Labute approximate surface area is 127 Å². The van der Waals surface area contributed by atoms with Crippen LogP contribution in [-0.4, -0.2) is 46.4 Å². The van der Waals surface area contributed by atoms with Crippen molar-refractivity contribution in [2.75, 3.05) is 41.5 Å². The zero-order chi connectivity index (χ0) is 15.4. The summed E-state index contributed by atoms with van der Waals surface area (Å²) in [7, 11) is 7.21. The Balaban J connectivity index is 2.43. The molecule has 0 bridgehead atoms. The largest absolute Gasteiger partial charge is 0.497 e. The van der Waals surface area contributed by atoms with E-state index in [0.717, 1.165) is 42.1 Å². The molecule has 2 N–H and O–H groups in total. The Bertz CT molecular complexity index is 479. The quantitative estimate of drug-likeness (QED) is 0.867. The van der Waals surface area contributed by atoms with E-state index < -0.39 is 0 Å². The van der Waals surface area contributed by atoms with Crippen LogP contribution in [0.2, 0.25) is 0 Å². The smallest absolute Gasteiger partial charge is 0.129 e. The van der Waals surface area contributed by atoms with Crippen LogP contribution in [-0.2, 0) is 11.3 Å². The first-order valence-electron chi connectivity index (χ1n) is 7.28. The summed E-state index contributed by atoms with van der Waals surface area (Å²) in [5.41, 5.74) is 8.01. The summed E-state index contributed by atoms with van der Waals surface area (Å²) in [6.45, 7) is 2.24. The van der Waals surface area contributed by atoms with Crippen LogP contribution in [0.5, 0.6) is 11.5 Å². The van der Waals surface area contributed by atoms with E-state index >= 15 is 0 Å². The number of nitrogens with two attached hydrogens (primary N) is 1. The first kappa shape index (κ1) is 16.1. The predicted octanol–water partition coefficient (Wildman–Crippen LogP) is 1.80. The van der Waals surface area contributed by atoms with Gasteiger partial charge in [-0.05, 0) is 38.1 Å². The lowest BCUT2D eigenvalue weighted by Crippen LogP contribution is -2.21. The van der Waals surface area contributed by atoms with Crippen LogP contribution in [0.25, 0.3) is 0 Å². The molecular weight excluding hydrogens is 268 g/mol. The summed E-state index contributed by atoms with van der Waals surface area (Å²) in [4.78, 5) is 2.34. The number of hydrogen-bond donors (Lipinski definition) is 1. The van der Waals surface area contributed by atoms with Gasteiger partial charge in [0.25, 0.3) is 0 Å². The Morgan fingerprint density at radius 3 is 2.52 bits per heavy atom. The Morgan fingerprint density at radius 2 is 2.00 bits per heavy atom. The van der Waals surface area contributed by atoms with Gasteiger partial charge in [-0.1, -0.05) is 0 Å². The summed E-state index contributed by atoms with van der Waals surface area (Å²) in [5, 5.41) is 0. The number of benzene rings is 1. The lowest BCUT2D eigenvalue weighted by molar-refractivity contribution is 0.180. The fraction of sp³-hybridized carbons (Fsp3) is 0.625. The molecule has 0 aliphatic carbocycles. The van der Waals surface area contributed by atoms with Gasteiger partial charge in [0.05, 0.1) is 20.8 Å². The van der Waals surface area contributed by atoms with E-state index in [-0.39, 0.29) is 0 Å². The molecule has 1 fully saturated rings. The van der Waals surface area contributed by atoms with E-state index in [1.54, 1.807) is 21.3 Å². The van der Waals surface area contributed by atoms with Gasteiger partial charge in [-0.2, -0.15) is 0 Å². The van der Waals surface area contributed by atoms with Gasteiger partial charge in [-0.25, -0.2) is 0 Å². The van der Waals surface area contributed by atoms with Crippen LogP contribution in [0.1, 0.15) is 23.6 Å². The fourth-order valence-electron chi connectivity index (χ4n) is 3.20. The minimum atomic E-state index is 0.305. The van der Waals surface area contributed by atoms with Gasteiger partial charge in [0, 0.05) is 30.8 Å². The number of ether oxygens (including phenoxy) is 3. The molecule has 0 radical (unpaired) electrons. The van der Waals surface area contributed by atoms with Gasteiger partial charge in [-0.15, -0.1) is 0 Å². The Morgan fingerprint density at radius 1 is 1.24 bits per heavy atom. The number of methoxy groups -OCH3 is 3. The highest BCUT2D eigenvalue weighted by Crippen LogP contribution is 2.41. The molecule has 21 heavy (non-hydrogen) atoms. The van der Waals surface area contributed by atoms with Crippen molar-refractivity contribution in [3.8, 4) is 11.5 Å². The van der Waals surface area contributed by atoms with Crippen molar-refractivity contribution >= 4 is 0 Å². The molecule has 1 heterocycles. The van der Waals surface area contributed by atoms with Crippen molar-refractivity contribution in [1.29, 1.82) is 0 Å². The van der Waals surface area contributed by atoms with Gasteiger partial charge >= 0.3 is 0 Å². The second kappa shape index (κ2) is 7.11. The van der Waals surface area contributed by atoms with Crippen LogP contribution in [0, 0.1) is 5.92 Å². The van der Waals surface area contributed by atoms with E-state index in [1.807, 2.05) is 6.07 Å². The average Bonchev–Trinajstić information content (AvgIpc) is 2.87. The molecule has 2 rings (SSSR count). The highest BCUT2D eigenvalue weighted by molar-refractivity contribution is 5.49. The molecule has 0 aromatic heterocycles. The molecule has 2 unspecified atom stereocenters. The Kier molecular flexibility index (Phi) is 5.45. The number of rotatable bonds is 6. The monoisotopic (exact) mass is 294 g/mol. The third-order valence-corrected chi connectivity index (χ3v) is 4.23. The SMILES string of the molecule is COCc1cc(OC)cc(C2CC(CN)CN2C)c1OC. The predicted molar refractivity (Wildman–Crippen MR) is 82.8 cm³/mol. The van der Waals surface area contributed by atoms with Crippen LogP contribution >= 0.6 is 0 Å². The minimum absolute atomic E-state index is 0.305. The van der Waals surface area contributed by atoms with Gasteiger partial charge in [-0.3, -0.25) is 4.90 Å². The summed E-state index contributed by atoms with van der Waals surface area (Å²) in [5.74, 6) is 2.26. The molecule has 118 valence electrons. The van der Waals surface area contributed by atoms with E-state index in [2.05, 4.69) is 18.0 Å². The first-order valence-corrected chi connectivity index (χ1v) is 7.28. The van der Waals surface area contributed by atoms with E-state index in [9.17, 15) is 0 Å². The molecule has 1 aliphatic heterocycles. The maximum Gasteiger partial charge on any atom is 0.129 e. The van der Waals surface area contributed by atoms with Gasteiger partial charge < -0.3 is 19.9 Å². The molecule has 0 saturated carbocycles. The summed E-state index contributed by atoms with van der Waals surface area (Å²) in [6.07, 6.45) is 1.04. The van der Waals surface area contributed by atoms with E-state index in [0.29, 0.717) is 18.6 Å². The Hall–Kier alpha value is -1.30. The first-order chi connectivity index (χ1) is 10.1. The lowest BCUT2D eigenvalue weighted by atomic mass is 9.96. The molecule has 5 heteroatoms. The molecule has 0 amide bonds. The van der Waals surface area contributed by atoms with Crippen LogP contribution in [0.15, 0.2) is 12.1 Å². The maximum atomic E-state index is 5.84. The minimum Gasteiger partial charge on any atom is -0.497 e. The summed E-state index contributed by atoms with van der Waals surface area (Å²) >= 11 is 0. The topological polar surface area (TPSA) is 57.0 Å². The van der Waals surface area contributed by atoms with Crippen molar-refractivity contribution < 1.29 is 14.2 Å². The van der Waals surface area contributed by atoms with Gasteiger partial charge in [0.15, 0.2) is 0 Å². The highest BCUT2D eigenvalue weighted by atomic mass is 16.5. The molecule has 1 aromatic rings. The third kappa shape index (κ3) is 3.31. The second-order valence-electron chi connectivity index (χ2n) is 5.63. The average molecular weight is 294 g/mol. The van der Waals surface area contributed by atoms with Crippen LogP contribution < -0.4 is 15.2 Å². The van der Waals surface area contributed by atoms with Crippen LogP contribution in [0.4, 0.5) is 0 Å². The molecule has 5 nitrogen and oxygen atoms in total. The molecule has 1 aliphatic rings. The third-order valence-electron chi connectivity index (χ3n) is 4.23. The zero-order valence-electron chi connectivity index (χ0n) is 13.4. The van der Waals surface area contributed by atoms with E-state index in [4.69, 9.17) is 19.9 Å². The van der Waals surface area contributed by atoms with E-state index in [1.165, 1.54) is 0 Å². The number of nitrogens with zero attached hydrogens (tertiary/aromatic N) is 1.